The molecule has 0 amide bonds. The molecule has 1 aliphatic rings. The number of rotatable bonds is 3. The summed E-state index contributed by atoms with van der Waals surface area (Å²) >= 11 is 0. The molecule has 1 aromatic carbocycles. The third-order valence-corrected chi connectivity index (χ3v) is 3.17. The molecule has 2 rings (SSSR count). The lowest BCUT2D eigenvalue weighted by Crippen LogP contribution is -2.45. The Morgan fingerprint density at radius 3 is 2.71 bits per heavy atom. The van der Waals surface area contributed by atoms with Crippen LogP contribution in [0.25, 0.3) is 0 Å². The lowest BCUT2D eigenvalue weighted by Gasteiger charge is -2.34. The van der Waals surface area contributed by atoms with E-state index in [-0.39, 0.29) is 11.8 Å². The number of hydrogen-bond donors (Lipinski definition) is 2. The maximum Gasteiger partial charge on any atom is 0.120 e. The van der Waals surface area contributed by atoms with Crippen molar-refractivity contribution in [2.75, 3.05) is 26.2 Å². The molecule has 1 atom stereocenters. The normalized spacial score (nSPS) is 18.5. The Morgan fingerprint density at radius 2 is 2.06 bits per heavy atom. The third kappa shape index (κ3) is 2.76. The van der Waals surface area contributed by atoms with E-state index in [0.29, 0.717) is 6.42 Å². The van der Waals surface area contributed by atoms with E-state index in [1.807, 2.05) is 12.1 Å². The van der Waals surface area contributed by atoms with Crippen molar-refractivity contribution in [3.8, 4) is 11.8 Å². The van der Waals surface area contributed by atoms with Crippen LogP contribution in [0.1, 0.15) is 18.0 Å². The number of piperazine rings is 1. The molecule has 2 N–H and O–H groups in total. The predicted octanol–water partition coefficient (Wildman–Crippen LogP) is 1.25. The predicted molar refractivity (Wildman–Crippen MR) is 65.5 cm³/mol. The van der Waals surface area contributed by atoms with Crippen LogP contribution in [0, 0.1) is 11.3 Å². The Hall–Kier alpha value is -1.57. The molecular formula is C13H17N3O. The number of nitriles is 1. The fourth-order valence-corrected chi connectivity index (χ4v) is 2.29. The summed E-state index contributed by atoms with van der Waals surface area (Å²) in [6.07, 6.45) is 0.414. The van der Waals surface area contributed by atoms with Gasteiger partial charge in [-0.1, -0.05) is 18.2 Å². The van der Waals surface area contributed by atoms with Crippen LogP contribution in [0.4, 0.5) is 0 Å². The van der Waals surface area contributed by atoms with Gasteiger partial charge in [0.1, 0.15) is 5.75 Å². The molecule has 1 fully saturated rings. The fraction of sp³-hybridized carbons (Fsp3) is 0.462. The maximum absolute atomic E-state index is 9.89. The van der Waals surface area contributed by atoms with E-state index in [9.17, 15) is 5.11 Å². The number of phenols is 1. The second-order valence-corrected chi connectivity index (χ2v) is 4.22. The summed E-state index contributed by atoms with van der Waals surface area (Å²) in [7, 11) is 0. The first kappa shape index (κ1) is 11.9. The van der Waals surface area contributed by atoms with E-state index in [0.717, 1.165) is 31.7 Å². The molecule has 1 aliphatic heterocycles. The van der Waals surface area contributed by atoms with Gasteiger partial charge in [-0.05, 0) is 6.07 Å². The van der Waals surface area contributed by atoms with Crippen molar-refractivity contribution in [2.45, 2.75) is 12.5 Å². The third-order valence-electron chi connectivity index (χ3n) is 3.17. The van der Waals surface area contributed by atoms with Gasteiger partial charge in [-0.15, -0.1) is 0 Å². The molecule has 4 nitrogen and oxygen atoms in total. The van der Waals surface area contributed by atoms with Gasteiger partial charge in [0.15, 0.2) is 0 Å². The van der Waals surface area contributed by atoms with Crippen molar-refractivity contribution in [1.29, 1.82) is 5.26 Å². The number of nitrogens with one attached hydrogen (secondary N) is 1. The Morgan fingerprint density at radius 1 is 1.35 bits per heavy atom. The molecule has 0 saturated carbocycles. The molecule has 1 heterocycles. The molecule has 0 unspecified atom stereocenters. The van der Waals surface area contributed by atoms with Crippen LogP contribution >= 0.6 is 0 Å². The van der Waals surface area contributed by atoms with Crippen LogP contribution in [0.3, 0.4) is 0 Å². The second kappa shape index (κ2) is 5.67. The van der Waals surface area contributed by atoms with Crippen LogP contribution in [0.15, 0.2) is 24.3 Å². The molecule has 0 bridgehead atoms. The summed E-state index contributed by atoms with van der Waals surface area (Å²) < 4.78 is 0. The van der Waals surface area contributed by atoms with Crippen molar-refractivity contribution < 1.29 is 5.11 Å². The van der Waals surface area contributed by atoms with Gasteiger partial charge in [0.2, 0.25) is 0 Å². The zero-order valence-corrected chi connectivity index (χ0v) is 9.76. The highest BCUT2D eigenvalue weighted by Gasteiger charge is 2.23. The minimum absolute atomic E-state index is 0.00306. The number of benzene rings is 1. The van der Waals surface area contributed by atoms with Crippen LogP contribution in [-0.2, 0) is 0 Å². The van der Waals surface area contributed by atoms with Gasteiger partial charge in [-0.2, -0.15) is 5.26 Å². The van der Waals surface area contributed by atoms with Gasteiger partial charge in [-0.25, -0.2) is 0 Å². The SMILES string of the molecule is N#CC[C@@H](c1ccccc1O)N1CCNCC1. The van der Waals surface area contributed by atoms with Gasteiger partial charge in [0.05, 0.1) is 18.5 Å². The van der Waals surface area contributed by atoms with Gasteiger partial charge in [0, 0.05) is 31.7 Å². The lowest BCUT2D eigenvalue weighted by molar-refractivity contribution is 0.173. The largest absolute Gasteiger partial charge is 0.508 e. The number of aromatic hydroxyl groups is 1. The first-order valence-corrected chi connectivity index (χ1v) is 5.92. The van der Waals surface area contributed by atoms with Crippen LogP contribution < -0.4 is 5.32 Å². The zero-order chi connectivity index (χ0) is 12.1. The van der Waals surface area contributed by atoms with E-state index in [2.05, 4.69) is 16.3 Å². The Bertz CT molecular complexity index is 407. The van der Waals surface area contributed by atoms with Crippen molar-refractivity contribution in [1.82, 2.24) is 10.2 Å². The molecule has 4 heteroatoms. The summed E-state index contributed by atoms with van der Waals surface area (Å²) in [5.41, 5.74) is 0.857. The summed E-state index contributed by atoms with van der Waals surface area (Å²) in [5.74, 6) is 0.284. The van der Waals surface area contributed by atoms with Crippen molar-refractivity contribution >= 4 is 0 Å². The minimum Gasteiger partial charge on any atom is -0.508 e. The fourth-order valence-electron chi connectivity index (χ4n) is 2.29. The molecule has 0 radical (unpaired) electrons. The van der Waals surface area contributed by atoms with Crippen molar-refractivity contribution in [2.24, 2.45) is 0 Å². The molecule has 1 saturated heterocycles. The molecule has 17 heavy (non-hydrogen) atoms. The van der Waals surface area contributed by atoms with Gasteiger partial charge >= 0.3 is 0 Å². The van der Waals surface area contributed by atoms with E-state index in [1.165, 1.54) is 0 Å². The van der Waals surface area contributed by atoms with Crippen molar-refractivity contribution in [3.63, 3.8) is 0 Å². The summed E-state index contributed by atoms with van der Waals surface area (Å²) in [6.45, 7) is 3.71. The van der Waals surface area contributed by atoms with Crippen LogP contribution in [0.2, 0.25) is 0 Å². The topological polar surface area (TPSA) is 59.3 Å². The molecular weight excluding hydrogens is 214 g/mol. The van der Waals surface area contributed by atoms with Gasteiger partial charge < -0.3 is 10.4 Å². The average molecular weight is 231 g/mol. The monoisotopic (exact) mass is 231 g/mol. The highest BCUT2D eigenvalue weighted by molar-refractivity contribution is 5.35. The smallest absolute Gasteiger partial charge is 0.120 e. The summed E-state index contributed by atoms with van der Waals surface area (Å²) in [5, 5.41) is 22.1. The van der Waals surface area contributed by atoms with Crippen LogP contribution in [-0.4, -0.2) is 36.2 Å². The Balaban J connectivity index is 2.22. The molecule has 0 aromatic heterocycles. The van der Waals surface area contributed by atoms with Gasteiger partial charge in [0.25, 0.3) is 0 Å². The standard InChI is InChI=1S/C13H17N3O/c14-6-5-12(16-9-7-15-8-10-16)11-3-1-2-4-13(11)17/h1-4,12,15,17H,5,7-10H2/t12-/m0/s1. The summed E-state index contributed by atoms with van der Waals surface area (Å²) in [4.78, 5) is 2.26. The highest BCUT2D eigenvalue weighted by atomic mass is 16.3. The zero-order valence-electron chi connectivity index (χ0n) is 9.76. The van der Waals surface area contributed by atoms with Gasteiger partial charge in [-0.3, -0.25) is 4.90 Å². The van der Waals surface area contributed by atoms with Crippen molar-refractivity contribution in [3.05, 3.63) is 29.8 Å². The van der Waals surface area contributed by atoms with Crippen LogP contribution in [0.5, 0.6) is 5.75 Å². The highest BCUT2D eigenvalue weighted by Crippen LogP contribution is 2.30. The van der Waals surface area contributed by atoms with E-state index >= 15 is 0 Å². The van der Waals surface area contributed by atoms with E-state index < -0.39 is 0 Å². The second-order valence-electron chi connectivity index (χ2n) is 4.22. The number of para-hydroxylation sites is 1. The maximum atomic E-state index is 9.89. The first-order valence-electron chi connectivity index (χ1n) is 5.92. The first-order chi connectivity index (χ1) is 8.33. The lowest BCUT2D eigenvalue weighted by atomic mass is 10.0. The minimum atomic E-state index is 0.00306. The van der Waals surface area contributed by atoms with E-state index in [1.54, 1.807) is 12.1 Å². The number of phenolic OH excluding ortho intramolecular Hbond substituents is 1. The average Bonchev–Trinajstić information content (AvgIpc) is 2.38. The quantitative estimate of drug-likeness (QED) is 0.822. The Labute approximate surface area is 101 Å². The molecule has 0 aliphatic carbocycles. The van der Waals surface area contributed by atoms with E-state index in [4.69, 9.17) is 5.26 Å². The molecule has 90 valence electrons. The number of nitrogens with zero attached hydrogens (tertiary/aromatic N) is 2. The number of hydrogen-bond acceptors (Lipinski definition) is 4. The Kier molecular flexibility index (Phi) is 3.97. The summed E-state index contributed by atoms with van der Waals surface area (Å²) in [6, 6.07) is 9.52. The molecule has 1 aromatic rings. The molecule has 0 spiro atoms.